The number of carbonyl (C=O) groups excluding carboxylic acids is 1. The van der Waals surface area contributed by atoms with Gasteiger partial charge in [-0.25, -0.2) is 0 Å². The van der Waals surface area contributed by atoms with E-state index in [4.69, 9.17) is 9.47 Å². The number of nitrogens with one attached hydrogen (secondary N) is 2. The number of piperidine rings is 1. The second-order valence-electron chi connectivity index (χ2n) is 6.57. The quantitative estimate of drug-likeness (QED) is 0.385. The Balaban J connectivity index is 1.63. The molecule has 2 heterocycles. The average Bonchev–Trinajstić information content (AvgIpc) is 3.07. The third-order valence-electron chi connectivity index (χ3n) is 4.41. The number of hydrogen-bond donors (Lipinski definition) is 2. The zero-order chi connectivity index (χ0) is 17.2. The van der Waals surface area contributed by atoms with Gasteiger partial charge in [-0.15, -0.1) is 0 Å². The van der Waals surface area contributed by atoms with Crippen LogP contribution in [0.4, 0.5) is 0 Å². The van der Waals surface area contributed by atoms with Crippen LogP contribution in [0.5, 0.6) is 0 Å². The summed E-state index contributed by atoms with van der Waals surface area (Å²) in [6.07, 6.45) is 3.49. The fourth-order valence-corrected chi connectivity index (χ4v) is 2.97. The Morgan fingerprint density at radius 3 is 3.04 bits per heavy atom. The molecule has 7 heteroatoms. The van der Waals surface area contributed by atoms with Crippen LogP contribution in [0.2, 0.25) is 0 Å². The van der Waals surface area contributed by atoms with E-state index >= 15 is 0 Å². The lowest BCUT2D eigenvalue weighted by Gasteiger charge is -2.31. The average molecular weight is 340 g/mol. The lowest BCUT2D eigenvalue weighted by molar-refractivity contribution is -0.132. The minimum Gasteiger partial charge on any atom is -0.381 e. The highest BCUT2D eigenvalue weighted by Gasteiger charge is 2.23. The number of likely N-dealkylation sites (tertiary alicyclic amines) is 1. The van der Waals surface area contributed by atoms with Crippen molar-refractivity contribution < 1.29 is 14.3 Å². The summed E-state index contributed by atoms with van der Waals surface area (Å²) < 4.78 is 11.0. The third kappa shape index (κ3) is 6.65. The minimum absolute atomic E-state index is 0.222. The van der Waals surface area contributed by atoms with Crippen LogP contribution in [0.25, 0.3) is 0 Å². The summed E-state index contributed by atoms with van der Waals surface area (Å²) in [7, 11) is 1.85. The van der Waals surface area contributed by atoms with Crippen molar-refractivity contribution in [1.82, 2.24) is 15.5 Å². The van der Waals surface area contributed by atoms with Gasteiger partial charge >= 0.3 is 0 Å². The van der Waals surface area contributed by atoms with Gasteiger partial charge in [0, 0.05) is 58.3 Å². The van der Waals surface area contributed by atoms with Gasteiger partial charge in [0.2, 0.25) is 5.91 Å². The molecule has 0 radical (unpaired) electrons. The molecule has 0 aromatic heterocycles. The molecule has 0 saturated carbocycles. The monoisotopic (exact) mass is 340 g/mol. The number of amides is 1. The van der Waals surface area contributed by atoms with Crippen LogP contribution >= 0.6 is 0 Å². The highest BCUT2D eigenvalue weighted by atomic mass is 16.5. The van der Waals surface area contributed by atoms with E-state index in [9.17, 15) is 4.79 Å². The van der Waals surface area contributed by atoms with Gasteiger partial charge in [0.15, 0.2) is 5.96 Å². The molecule has 0 bridgehead atoms. The maximum atomic E-state index is 11.5. The fraction of sp³-hybridized carbons (Fsp3) is 0.882. The molecule has 2 aliphatic rings. The van der Waals surface area contributed by atoms with Crippen LogP contribution < -0.4 is 10.6 Å². The number of likely N-dealkylation sites (N-methyl/N-ethyl adjacent to an activating group) is 1. The standard InChI is InChI=1S/C17H32N4O3/c1-3-18-17(20-15-5-6-16(22)21(2)11-15)19-8-4-9-23-12-14-7-10-24-13-14/h14-15H,3-13H2,1-2H3,(H2,18,19,20). The second kappa shape index (κ2) is 10.5. The maximum absolute atomic E-state index is 11.5. The summed E-state index contributed by atoms with van der Waals surface area (Å²) >= 11 is 0. The molecule has 2 rings (SSSR count). The molecular formula is C17H32N4O3. The molecule has 0 spiro atoms. The molecule has 0 aromatic carbocycles. The zero-order valence-corrected chi connectivity index (χ0v) is 15.1. The zero-order valence-electron chi connectivity index (χ0n) is 15.1. The number of guanidine groups is 1. The lowest BCUT2D eigenvalue weighted by atomic mass is 10.1. The van der Waals surface area contributed by atoms with Crippen molar-refractivity contribution >= 4 is 11.9 Å². The van der Waals surface area contributed by atoms with Crippen molar-refractivity contribution in [2.45, 2.75) is 38.6 Å². The molecule has 1 amide bonds. The van der Waals surface area contributed by atoms with Crippen molar-refractivity contribution in [3.63, 3.8) is 0 Å². The Bertz CT molecular complexity index is 411. The minimum atomic E-state index is 0.222. The number of rotatable bonds is 8. The van der Waals surface area contributed by atoms with Crippen LogP contribution in [0.3, 0.4) is 0 Å². The van der Waals surface area contributed by atoms with E-state index in [1.54, 1.807) is 4.90 Å². The molecule has 24 heavy (non-hydrogen) atoms. The Kier molecular flexibility index (Phi) is 8.32. The summed E-state index contributed by atoms with van der Waals surface area (Å²) in [5, 5.41) is 6.70. The van der Waals surface area contributed by atoms with Crippen LogP contribution in [0, 0.1) is 5.92 Å². The van der Waals surface area contributed by atoms with Crippen LogP contribution in [-0.4, -0.2) is 75.9 Å². The molecule has 2 saturated heterocycles. The molecule has 2 fully saturated rings. The first kappa shape index (κ1) is 19.0. The first-order chi connectivity index (χ1) is 11.7. The van der Waals surface area contributed by atoms with Gasteiger partial charge in [0.1, 0.15) is 0 Å². The number of carbonyl (C=O) groups is 1. The van der Waals surface area contributed by atoms with E-state index in [1.165, 1.54) is 0 Å². The van der Waals surface area contributed by atoms with Crippen LogP contribution in [-0.2, 0) is 14.3 Å². The van der Waals surface area contributed by atoms with Gasteiger partial charge in [-0.2, -0.15) is 0 Å². The Morgan fingerprint density at radius 2 is 2.33 bits per heavy atom. The van der Waals surface area contributed by atoms with E-state index in [1.807, 2.05) is 7.05 Å². The van der Waals surface area contributed by atoms with Gasteiger partial charge in [-0.1, -0.05) is 0 Å². The molecule has 2 atom stereocenters. The van der Waals surface area contributed by atoms with E-state index < -0.39 is 0 Å². The molecule has 138 valence electrons. The number of hydrogen-bond acceptors (Lipinski definition) is 4. The summed E-state index contributed by atoms with van der Waals surface area (Å²) in [5.41, 5.74) is 0. The van der Waals surface area contributed by atoms with E-state index in [-0.39, 0.29) is 11.9 Å². The van der Waals surface area contributed by atoms with Crippen molar-refractivity contribution in [2.75, 3.05) is 53.1 Å². The predicted molar refractivity (Wildman–Crippen MR) is 94.1 cm³/mol. The third-order valence-corrected chi connectivity index (χ3v) is 4.41. The second-order valence-corrected chi connectivity index (χ2v) is 6.57. The Labute approximate surface area is 145 Å². The lowest BCUT2D eigenvalue weighted by Crippen LogP contribution is -2.51. The maximum Gasteiger partial charge on any atom is 0.222 e. The number of nitrogens with zero attached hydrogens (tertiary/aromatic N) is 2. The summed E-state index contributed by atoms with van der Waals surface area (Å²) in [4.78, 5) is 17.9. The molecule has 0 aromatic rings. The molecule has 0 aliphatic carbocycles. The van der Waals surface area contributed by atoms with Crippen molar-refractivity contribution in [1.29, 1.82) is 0 Å². The molecule has 2 aliphatic heterocycles. The summed E-state index contributed by atoms with van der Waals surface area (Å²) in [5.74, 6) is 1.62. The van der Waals surface area contributed by atoms with Crippen LogP contribution in [0.1, 0.15) is 32.6 Å². The van der Waals surface area contributed by atoms with Gasteiger partial charge in [-0.05, 0) is 26.2 Å². The van der Waals surface area contributed by atoms with Gasteiger partial charge in [0.25, 0.3) is 0 Å². The summed E-state index contributed by atoms with van der Waals surface area (Å²) in [6, 6.07) is 0.268. The van der Waals surface area contributed by atoms with Gasteiger partial charge in [-0.3, -0.25) is 9.79 Å². The number of aliphatic imine (C=N–C) groups is 1. The molecule has 7 nitrogen and oxygen atoms in total. The highest BCUT2D eigenvalue weighted by molar-refractivity contribution is 5.81. The fourth-order valence-electron chi connectivity index (χ4n) is 2.97. The van der Waals surface area contributed by atoms with Gasteiger partial charge in [0.05, 0.1) is 13.2 Å². The van der Waals surface area contributed by atoms with Crippen molar-refractivity contribution in [2.24, 2.45) is 10.9 Å². The highest BCUT2D eigenvalue weighted by Crippen LogP contribution is 2.12. The smallest absolute Gasteiger partial charge is 0.222 e. The molecule has 2 N–H and O–H groups in total. The normalized spacial score (nSPS) is 25.2. The van der Waals surface area contributed by atoms with Crippen molar-refractivity contribution in [3.8, 4) is 0 Å². The first-order valence-electron chi connectivity index (χ1n) is 9.13. The SMILES string of the molecule is CCNC(=NCCCOCC1CCOC1)NC1CCC(=O)N(C)C1. The number of ether oxygens (including phenoxy) is 2. The van der Waals surface area contributed by atoms with E-state index in [2.05, 4.69) is 22.5 Å². The van der Waals surface area contributed by atoms with E-state index in [0.29, 0.717) is 12.3 Å². The molecular weight excluding hydrogens is 308 g/mol. The van der Waals surface area contributed by atoms with Crippen molar-refractivity contribution in [3.05, 3.63) is 0 Å². The summed E-state index contributed by atoms with van der Waals surface area (Å²) in [6.45, 7) is 7.59. The van der Waals surface area contributed by atoms with Crippen LogP contribution in [0.15, 0.2) is 4.99 Å². The topological polar surface area (TPSA) is 75.2 Å². The van der Waals surface area contributed by atoms with E-state index in [0.717, 1.165) is 71.3 Å². The Hall–Kier alpha value is -1.34. The largest absolute Gasteiger partial charge is 0.381 e. The Morgan fingerprint density at radius 1 is 1.46 bits per heavy atom. The first-order valence-corrected chi connectivity index (χ1v) is 9.13. The van der Waals surface area contributed by atoms with Gasteiger partial charge < -0.3 is 25.0 Å². The molecule has 2 unspecified atom stereocenters. The predicted octanol–water partition coefficient (Wildman–Crippen LogP) is 0.606.